The second-order valence-electron chi connectivity index (χ2n) is 3.96. The van der Waals surface area contributed by atoms with Crippen LogP contribution >= 0.6 is 0 Å². The van der Waals surface area contributed by atoms with Crippen molar-refractivity contribution in [1.29, 1.82) is 0 Å². The lowest BCUT2D eigenvalue weighted by molar-refractivity contribution is 0.570. The minimum Gasteiger partial charge on any atom is -0.120 e. The normalized spacial score (nSPS) is 13.2. The SMILES string of the molecule is C#CCC[C](C)C#CC(C)CC(C)C#C. The molecule has 2 unspecified atom stereocenters. The minimum absolute atomic E-state index is 0.306. The van der Waals surface area contributed by atoms with E-state index in [-0.39, 0.29) is 0 Å². The van der Waals surface area contributed by atoms with Gasteiger partial charge in [0, 0.05) is 24.2 Å². The van der Waals surface area contributed by atoms with Gasteiger partial charge < -0.3 is 0 Å². The van der Waals surface area contributed by atoms with E-state index < -0.39 is 0 Å². The topological polar surface area (TPSA) is 0 Å². The molecular formula is C15H19. The summed E-state index contributed by atoms with van der Waals surface area (Å²) in [6.45, 7) is 6.18. The van der Waals surface area contributed by atoms with Crippen LogP contribution < -0.4 is 0 Å². The molecule has 0 rings (SSSR count). The molecule has 0 aromatic heterocycles. The highest BCUT2D eigenvalue weighted by atomic mass is 14.1. The lowest BCUT2D eigenvalue weighted by atomic mass is 9.97. The zero-order chi connectivity index (χ0) is 11.7. The Hall–Kier alpha value is -1.32. The maximum Gasteiger partial charge on any atom is 0.0458 e. The molecule has 0 nitrogen and oxygen atoms in total. The Bertz CT molecular complexity index is 300. The van der Waals surface area contributed by atoms with Gasteiger partial charge in [0.05, 0.1) is 0 Å². The largest absolute Gasteiger partial charge is 0.120 e. The quantitative estimate of drug-likeness (QED) is 0.609. The van der Waals surface area contributed by atoms with Crippen LogP contribution in [-0.4, -0.2) is 0 Å². The molecule has 0 bridgehead atoms. The van der Waals surface area contributed by atoms with Crippen LogP contribution in [0.4, 0.5) is 0 Å². The fraction of sp³-hybridized carbons (Fsp3) is 0.533. The number of hydrogen-bond acceptors (Lipinski definition) is 0. The first kappa shape index (κ1) is 13.7. The van der Waals surface area contributed by atoms with E-state index in [2.05, 4.69) is 30.6 Å². The summed E-state index contributed by atoms with van der Waals surface area (Å²) in [6.07, 6.45) is 13.1. The van der Waals surface area contributed by atoms with Crippen LogP contribution in [0, 0.1) is 54.3 Å². The molecule has 0 N–H and O–H groups in total. The fourth-order valence-electron chi connectivity index (χ4n) is 1.23. The first-order valence-corrected chi connectivity index (χ1v) is 5.33. The van der Waals surface area contributed by atoms with E-state index >= 15 is 0 Å². The van der Waals surface area contributed by atoms with Crippen molar-refractivity contribution in [3.05, 3.63) is 5.92 Å². The molecule has 0 aliphatic heterocycles. The molecule has 0 aliphatic rings. The maximum atomic E-state index is 5.32. The monoisotopic (exact) mass is 199 g/mol. The third-order valence-electron chi connectivity index (χ3n) is 2.17. The standard InChI is InChI=1S/C15H19/c1-6-8-9-14(4)10-11-15(5)12-13(3)7-2/h1-2,13,15H,8-9,12H2,3-5H3. The number of hydrogen-bond donors (Lipinski definition) is 0. The van der Waals surface area contributed by atoms with Crippen molar-refractivity contribution in [3.63, 3.8) is 0 Å². The van der Waals surface area contributed by atoms with Crippen molar-refractivity contribution in [2.24, 2.45) is 11.8 Å². The van der Waals surface area contributed by atoms with Crippen molar-refractivity contribution < 1.29 is 0 Å². The van der Waals surface area contributed by atoms with Gasteiger partial charge in [0.1, 0.15) is 0 Å². The van der Waals surface area contributed by atoms with E-state index in [1.54, 1.807) is 0 Å². The van der Waals surface area contributed by atoms with Crippen LogP contribution in [-0.2, 0) is 0 Å². The molecule has 79 valence electrons. The molecule has 0 aromatic carbocycles. The number of terminal acetylenes is 2. The average molecular weight is 199 g/mol. The second-order valence-corrected chi connectivity index (χ2v) is 3.96. The maximum absolute atomic E-state index is 5.32. The Morgan fingerprint density at radius 2 is 1.87 bits per heavy atom. The fourth-order valence-corrected chi connectivity index (χ4v) is 1.23. The summed E-state index contributed by atoms with van der Waals surface area (Å²) < 4.78 is 0. The van der Waals surface area contributed by atoms with Crippen LogP contribution in [0.15, 0.2) is 0 Å². The van der Waals surface area contributed by atoms with Crippen molar-refractivity contribution in [2.75, 3.05) is 0 Å². The summed E-state index contributed by atoms with van der Waals surface area (Å²) in [5, 5.41) is 0. The lowest BCUT2D eigenvalue weighted by Crippen LogP contribution is -1.99. The van der Waals surface area contributed by atoms with Gasteiger partial charge in [0.25, 0.3) is 0 Å². The minimum atomic E-state index is 0.306. The third kappa shape index (κ3) is 7.73. The van der Waals surface area contributed by atoms with Crippen LogP contribution in [0.25, 0.3) is 0 Å². The molecule has 15 heavy (non-hydrogen) atoms. The molecule has 0 amide bonds. The Morgan fingerprint density at radius 1 is 1.20 bits per heavy atom. The summed E-state index contributed by atoms with van der Waals surface area (Å²) in [4.78, 5) is 0. The third-order valence-corrected chi connectivity index (χ3v) is 2.17. The molecular weight excluding hydrogens is 180 g/mol. The molecule has 0 saturated carbocycles. The van der Waals surface area contributed by atoms with Gasteiger partial charge in [0.2, 0.25) is 0 Å². The van der Waals surface area contributed by atoms with E-state index in [1.165, 1.54) is 0 Å². The van der Waals surface area contributed by atoms with Crippen molar-refractivity contribution in [2.45, 2.75) is 40.0 Å². The molecule has 0 saturated heterocycles. The van der Waals surface area contributed by atoms with Gasteiger partial charge in [-0.15, -0.1) is 24.7 Å². The zero-order valence-electron chi connectivity index (χ0n) is 9.93. The molecule has 0 spiro atoms. The van der Waals surface area contributed by atoms with E-state index in [0.29, 0.717) is 11.8 Å². The highest BCUT2D eigenvalue weighted by Crippen LogP contribution is 2.11. The first-order valence-electron chi connectivity index (χ1n) is 5.33. The molecule has 2 atom stereocenters. The van der Waals surface area contributed by atoms with Gasteiger partial charge in [0.15, 0.2) is 0 Å². The van der Waals surface area contributed by atoms with Crippen molar-refractivity contribution in [1.82, 2.24) is 0 Å². The molecule has 0 heteroatoms. The summed E-state index contributed by atoms with van der Waals surface area (Å²) in [7, 11) is 0. The predicted octanol–water partition coefficient (Wildman–Crippen LogP) is 3.29. The van der Waals surface area contributed by atoms with Gasteiger partial charge in [-0.05, 0) is 19.8 Å². The van der Waals surface area contributed by atoms with Crippen molar-refractivity contribution >= 4 is 0 Å². The first-order chi connectivity index (χ1) is 7.10. The summed E-state index contributed by atoms with van der Waals surface area (Å²) in [6, 6.07) is 0. The Balaban J connectivity index is 3.95. The number of rotatable bonds is 4. The molecule has 1 radical (unpaired) electrons. The lowest BCUT2D eigenvalue weighted by Gasteiger charge is -2.06. The summed E-state index contributed by atoms with van der Waals surface area (Å²) >= 11 is 0. The van der Waals surface area contributed by atoms with Gasteiger partial charge in [-0.1, -0.05) is 25.7 Å². The van der Waals surface area contributed by atoms with Gasteiger partial charge in [-0.2, -0.15) is 0 Å². The van der Waals surface area contributed by atoms with E-state index in [9.17, 15) is 0 Å². The van der Waals surface area contributed by atoms with Gasteiger partial charge in [-0.25, -0.2) is 0 Å². The van der Waals surface area contributed by atoms with Gasteiger partial charge in [-0.3, -0.25) is 0 Å². The van der Waals surface area contributed by atoms with Crippen LogP contribution in [0.3, 0.4) is 0 Å². The van der Waals surface area contributed by atoms with Gasteiger partial charge >= 0.3 is 0 Å². The van der Waals surface area contributed by atoms with Crippen LogP contribution in [0.5, 0.6) is 0 Å². The van der Waals surface area contributed by atoms with Crippen molar-refractivity contribution in [3.8, 4) is 36.5 Å². The zero-order valence-corrected chi connectivity index (χ0v) is 9.93. The Kier molecular flexibility index (Phi) is 7.32. The van der Waals surface area contributed by atoms with E-state index in [0.717, 1.165) is 25.2 Å². The highest BCUT2D eigenvalue weighted by Gasteiger charge is 2.03. The summed E-state index contributed by atoms with van der Waals surface area (Å²) in [5.74, 6) is 13.5. The smallest absolute Gasteiger partial charge is 0.0458 e. The predicted molar refractivity (Wildman–Crippen MR) is 66.5 cm³/mol. The molecule has 0 heterocycles. The molecule has 0 aliphatic carbocycles. The average Bonchev–Trinajstić information content (AvgIpc) is 2.23. The molecule has 0 aromatic rings. The Labute approximate surface area is 94.8 Å². The van der Waals surface area contributed by atoms with Crippen LogP contribution in [0.2, 0.25) is 0 Å². The molecule has 0 fully saturated rings. The Morgan fingerprint density at radius 3 is 2.40 bits per heavy atom. The van der Waals surface area contributed by atoms with Crippen LogP contribution in [0.1, 0.15) is 40.0 Å². The second kappa shape index (κ2) is 8.03. The highest BCUT2D eigenvalue weighted by molar-refractivity contribution is 5.21. The van der Waals surface area contributed by atoms with E-state index in [4.69, 9.17) is 12.8 Å². The summed E-state index contributed by atoms with van der Waals surface area (Å²) in [5.41, 5.74) is 0. The van der Waals surface area contributed by atoms with E-state index in [1.807, 2.05) is 13.8 Å².